The van der Waals surface area contributed by atoms with E-state index in [1.54, 1.807) is 6.07 Å². The Labute approximate surface area is 116 Å². The van der Waals surface area contributed by atoms with Gasteiger partial charge in [-0.2, -0.15) is 9.57 Å². The Balaban J connectivity index is 2.48. The molecule has 2 rings (SSSR count). The average molecular weight is 295 g/mol. The van der Waals surface area contributed by atoms with Gasteiger partial charge in [0.2, 0.25) is 10.0 Å². The fraction of sp³-hybridized carbons (Fsp3) is 0.333. The second kappa shape index (κ2) is 5.58. The molecule has 20 heavy (non-hydrogen) atoms. The minimum Gasteiger partial charge on any atom is -0.480 e. The first kappa shape index (κ1) is 14.5. The summed E-state index contributed by atoms with van der Waals surface area (Å²) >= 11 is 0. The van der Waals surface area contributed by atoms with Crippen LogP contribution in [0.4, 0.5) is 0 Å². The molecule has 1 fully saturated rings. The molecule has 0 amide bonds. The largest absolute Gasteiger partial charge is 0.480 e. The average Bonchev–Trinajstić information content (AvgIpc) is 2.47. The van der Waals surface area contributed by atoms with Crippen molar-refractivity contribution in [2.24, 2.45) is 0 Å². The van der Waals surface area contributed by atoms with Crippen LogP contribution in [-0.2, 0) is 14.8 Å². The van der Waals surface area contributed by atoms with Crippen LogP contribution in [-0.4, -0.2) is 49.5 Å². The Morgan fingerprint density at radius 2 is 2.15 bits per heavy atom. The Morgan fingerprint density at radius 3 is 2.80 bits per heavy atom. The molecule has 0 spiro atoms. The number of benzene rings is 1. The van der Waals surface area contributed by atoms with Crippen LogP contribution in [0.3, 0.4) is 0 Å². The molecule has 1 unspecified atom stereocenters. The van der Waals surface area contributed by atoms with Gasteiger partial charge in [-0.3, -0.25) is 4.79 Å². The number of sulfonamides is 1. The molecule has 0 bridgehead atoms. The topological polar surface area (TPSA) is 111 Å². The summed E-state index contributed by atoms with van der Waals surface area (Å²) < 4.78 is 26.1. The third kappa shape index (κ3) is 2.51. The standard InChI is InChI=1S/C12H13N3O4S/c13-7-9-3-1-2-4-11(9)20(18,19)15-6-5-14-8-10(15)12(16)17/h1-4,10,14H,5-6,8H2,(H,16,17). The first-order valence-electron chi connectivity index (χ1n) is 5.93. The Kier molecular flexibility index (Phi) is 4.04. The molecule has 106 valence electrons. The zero-order valence-electron chi connectivity index (χ0n) is 10.5. The second-order valence-corrected chi connectivity index (χ2v) is 6.14. The van der Waals surface area contributed by atoms with Gasteiger partial charge in [0, 0.05) is 19.6 Å². The lowest BCUT2D eigenvalue weighted by Gasteiger charge is -2.32. The third-order valence-corrected chi connectivity index (χ3v) is 5.04. The molecule has 1 atom stereocenters. The summed E-state index contributed by atoms with van der Waals surface area (Å²) in [5.41, 5.74) is 0.00942. The van der Waals surface area contributed by atoms with E-state index in [1.807, 2.05) is 6.07 Å². The van der Waals surface area contributed by atoms with Gasteiger partial charge in [-0.05, 0) is 12.1 Å². The molecule has 1 aromatic carbocycles. The first-order chi connectivity index (χ1) is 9.48. The Hall–Kier alpha value is -1.95. The van der Waals surface area contributed by atoms with Gasteiger partial charge in [0.25, 0.3) is 0 Å². The van der Waals surface area contributed by atoms with Crippen molar-refractivity contribution in [3.05, 3.63) is 29.8 Å². The highest BCUT2D eigenvalue weighted by Crippen LogP contribution is 2.22. The molecule has 1 aliphatic rings. The van der Waals surface area contributed by atoms with Crippen molar-refractivity contribution in [1.29, 1.82) is 5.26 Å². The molecular weight excluding hydrogens is 282 g/mol. The van der Waals surface area contributed by atoms with Gasteiger partial charge in [0.15, 0.2) is 0 Å². The van der Waals surface area contributed by atoms with Crippen molar-refractivity contribution in [1.82, 2.24) is 9.62 Å². The fourth-order valence-electron chi connectivity index (χ4n) is 2.09. The van der Waals surface area contributed by atoms with Gasteiger partial charge in [-0.1, -0.05) is 12.1 Å². The van der Waals surface area contributed by atoms with Crippen LogP contribution in [0.5, 0.6) is 0 Å². The maximum atomic E-state index is 12.6. The molecule has 1 heterocycles. The van der Waals surface area contributed by atoms with Crippen LogP contribution in [0.25, 0.3) is 0 Å². The number of hydrogen-bond acceptors (Lipinski definition) is 5. The molecule has 0 saturated carbocycles. The van der Waals surface area contributed by atoms with E-state index in [9.17, 15) is 13.2 Å². The number of nitriles is 1. The van der Waals surface area contributed by atoms with E-state index in [0.717, 1.165) is 4.31 Å². The predicted octanol–water partition coefficient (Wildman–Crippen LogP) is -0.395. The fourth-order valence-corrected chi connectivity index (χ4v) is 3.82. The molecular formula is C12H13N3O4S. The Morgan fingerprint density at radius 1 is 1.45 bits per heavy atom. The summed E-state index contributed by atoms with van der Waals surface area (Å²) in [7, 11) is -4.01. The van der Waals surface area contributed by atoms with Crippen LogP contribution in [0.1, 0.15) is 5.56 Å². The molecule has 0 aromatic heterocycles. The van der Waals surface area contributed by atoms with Crippen LogP contribution < -0.4 is 5.32 Å². The number of piperazine rings is 1. The zero-order valence-corrected chi connectivity index (χ0v) is 11.3. The second-order valence-electron chi connectivity index (χ2n) is 4.28. The number of carbonyl (C=O) groups is 1. The lowest BCUT2D eigenvalue weighted by atomic mass is 10.2. The monoisotopic (exact) mass is 295 g/mol. The van der Waals surface area contributed by atoms with Crippen molar-refractivity contribution < 1.29 is 18.3 Å². The summed E-state index contributed by atoms with van der Waals surface area (Å²) in [6.07, 6.45) is 0. The summed E-state index contributed by atoms with van der Waals surface area (Å²) in [6, 6.07) is 6.42. The molecule has 8 heteroatoms. The number of nitrogens with zero attached hydrogens (tertiary/aromatic N) is 2. The molecule has 1 aliphatic heterocycles. The number of nitrogens with one attached hydrogen (secondary N) is 1. The van der Waals surface area contributed by atoms with Crippen molar-refractivity contribution in [3.63, 3.8) is 0 Å². The molecule has 0 aliphatic carbocycles. The lowest BCUT2D eigenvalue weighted by molar-refractivity contribution is -0.141. The first-order valence-corrected chi connectivity index (χ1v) is 7.37. The highest BCUT2D eigenvalue weighted by molar-refractivity contribution is 7.89. The summed E-state index contributed by atoms with van der Waals surface area (Å²) in [6.45, 7) is 0.472. The quantitative estimate of drug-likeness (QED) is 0.785. The van der Waals surface area contributed by atoms with E-state index in [-0.39, 0.29) is 23.5 Å². The van der Waals surface area contributed by atoms with E-state index in [4.69, 9.17) is 10.4 Å². The lowest BCUT2D eigenvalue weighted by Crippen LogP contribution is -2.56. The van der Waals surface area contributed by atoms with Crippen LogP contribution in [0.2, 0.25) is 0 Å². The summed E-state index contributed by atoms with van der Waals surface area (Å²) in [5.74, 6) is -1.21. The maximum Gasteiger partial charge on any atom is 0.323 e. The summed E-state index contributed by atoms with van der Waals surface area (Å²) in [5, 5.41) is 21.0. The van der Waals surface area contributed by atoms with Crippen molar-refractivity contribution in [3.8, 4) is 6.07 Å². The van der Waals surface area contributed by atoms with Crippen molar-refractivity contribution >= 4 is 16.0 Å². The third-order valence-electron chi connectivity index (χ3n) is 3.07. The number of hydrogen-bond donors (Lipinski definition) is 2. The smallest absolute Gasteiger partial charge is 0.323 e. The minimum atomic E-state index is -4.01. The molecule has 0 radical (unpaired) electrons. The summed E-state index contributed by atoms with van der Waals surface area (Å²) in [4.78, 5) is 11.0. The number of rotatable bonds is 3. The van der Waals surface area contributed by atoms with Crippen LogP contribution in [0.15, 0.2) is 29.2 Å². The minimum absolute atomic E-state index is 0.00942. The van der Waals surface area contributed by atoms with E-state index in [2.05, 4.69) is 5.32 Å². The van der Waals surface area contributed by atoms with Crippen LogP contribution >= 0.6 is 0 Å². The van der Waals surface area contributed by atoms with E-state index in [1.165, 1.54) is 18.2 Å². The van der Waals surface area contributed by atoms with Gasteiger partial charge in [0.05, 0.1) is 10.5 Å². The normalized spacial score (nSPS) is 20.2. The highest BCUT2D eigenvalue weighted by Gasteiger charge is 2.38. The maximum absolute atomic E-state index is 12.6. The van der Waals surface area contributed by atoms with Gasteiger partial charge in [0.1, 0.15) is 12.1 Å². The zero-order chi connectivity index (χ0) is 14.8. The number of carboxylic acids is 1. The Bertz CT molecular complexity index is 666. The van der Waals surface area contributed by atoms with E-state index >= 15 is 0 Å². The van der Waals surface area contributed by atoms with Crippen molar-refractivity contribution in [2.75, 3.05) is 19.6 Å². The molecule has 7 nitrogen and oxygen atoms in total. The van der Waals surface area contributed by atoms with Crippen LogP contribution in [0, 0.1) is 11.3 Å². The van der Waals surface area contributed by atoms with E-state index in [0.29, 0.717) is 6.54 Å². The van der Waals surface area contributed by atoms with Gasteiger partial charge >= 0.3 is 5.97 Å². The van der Waals surface area contributed by atoms with Crippen molar-refractivity contribution in [2.45, 2.75) is 10.9 Å². The predicted molar refractivity (Wildman–Crippen MR) is 69.3 cm³/mol. The molecule has 1 saturated heterocycles. The van der Waals surface area contributed by atoms with Gasteiger partial charge < -0.3 is 10.4 Å². The number of aliphatic carboxylic acids is 1. The van der Waals surface area contributed by atoms with Gasteiger partial charge in [-0.15, -0.1) is 0 Å². The SMILES string of the molecule is N#Cc1ccccc1S(=O)(=O)N1CCNCC1C(=O)O. The van der Waals surface area contributed by atoms with E-state index < -0.39 is 22.0 Å². The van der Waals surface area contributed by atoms with Gasteiger partial charge in [-0.25, -0.2) is 8.42 Å². The highest BCUT2D eigenvalue weighted by atomic mass is 32.2. The molecule has 2 N–H and O–H groups in total. The molecule has 1 aromatic rings. The number of carboxylic acid groups (broad SMARTS) is 1.